The summed E-state index contributed by atoms with van der Waals surface area (Å²) in [6.07, 6.45) is -21.3. The molecule has 0 unspecified atom stereocenters. The number of benzene rings is 2. The molecule has 0 N–H and O–H groups in total. The molecule has 2 aliphatic rings. The van der Waals surface area contributed by atoms with Gasteiger partial charge in [-0.1, -0.05) is 56.0 Å². The van der Waals surface area contributed by atoms with Gasteiger partial charge in [-0.2, -0.15) is 13.2 Å². The smallest absolute Gasteiger partial charge is 0.391 e. The first-order valence-electron chi connectivity index (χ1n) is 20.3. The van der Waals surface area contributed by atoms with Crippen molar-refractivity contribution in [2.45, 2.75) is 84.2 Å². The summed E-state index contributed by atoms with van der Waals surface area (Å²) in [5.41, 5.74) is -4.12. The van der Waals surface area contributed by atoms with E-state index in [0.29, 0.717) is 19.1 Å². The fraction of sp³-hybridized carbons (Fsp3) is 0.552. The minimum absolute atomic E-state index is 0.0372. The van der Waals surface area contributed by atoms with Gasteiger partial charge in [0.25, 0.3) is 0 Å². The Morgan fingerprint density at radius 2 is 1.94 bits per heavy atom. The molecule has 4 rings (SSSR count). The minimum atomic E-state index is -5.33. The molecule has 0 radical (unpaired) electrons. The zero-order chi connectivity index (χ0) is 41.8. The molecule has 0 atom stereocenters. The predicted octanol–water partition coefficient (Wildman–Crippen LogP) is 7.71. The second kappa shape index (κ2) is 11.2. The fourth-order valence-electron chi connectivity index (χ4n) is 3.45. The molecular formula is C29H37F3N2O. The molecule has 0 amide bonds. The molecule has 190 valence electrons. The molecule has 2 aromatic carbocycles. The van der Waals surface area contributed by atoms with Gasteiger partial charge in [0.15, 0.2) is 0 Å². The van der Waals surface area contributed by atoms with Gasteiger partial charge in [-0.15, -0.1) is 0 Å². The number of oxime groups is 1. The Bertz CT molecular complexity index is 1760. The van der Waals surface area contributed by atoms with E-state index in [0.717, 1.165) is 18.2 Å². The third-order valence-corrected chi connectivity index (χ3v) is 5.31. The SMILES string of the molecule is [2H]C1C([2H])([2H])N(C([2H])([2H])c2ccc(/C(=N/OCc3ccc(C4C([2H])([2H])C([2H])([2H])C([2H])(C)C([2H])([2H])C4([2H])[2H])c(C(F)(F)F)c3)C([2H])([2H])[2H])cc2CC)C1([2H])[2H]. The molecule has 1 saturated carbocycles. The van der Waals surface area contributed by atoms with E-state index < -0.39 is 99.7 Å². The van der Waals surface area contributed by atoms with Crippen molar-refractivity contribution in [3.63, 3.8) is 0 Å². The van der Waals surface area contributed by atoms with Crippen LogP contribution in [0.25, 0.3) is 0 Å². The summed E-state index contributed by atoms with van der Waals surface area (Å²) in [6.45, 7) is -9.87. The Hall–Kier alpha value is -2.34. The average Bonchev–Trinajstić information content (AvgIpc) is 3.00. The van der Waals surface area contributed by atoms with Gasteiger partial charge in [0.2, 0.25) is 0 Å². The summed E-state index contributed by atoms with van der Waals surface area (Å²) in [6, 6.07) is 5.40. The molecule has 6 heteroatoms. The normalized spacial score (nSPS) is 41.7. The highest BCUT2D eigenvalue weighted by Gasteiger charge is 2.36. The fourth-order valence-corrected chi connectivity index (χ4v) is 3.45. The molecule has 1 saturated heterocycles. The van der Waals surface area contributed by atoms with Crippen molar-refractivity contribution in [1.29, 1.82) is 0 Å². The van der Waals surface area contributed by atoms with Crippen molar-refractivity contribution in [2.24, 2.45) is 11.0 Å². The summed E-state index contributed by atoms with van der Waals surface area (Å²) in [7, 11) is 0. The standard InChI is InChI=1S/C29H37F3N2O/c1-4-23-17-25(11-12-26(23)18-34-14-5-15-34)21(3)33-35-19-22-8-13-27(28(16-22)29(30,31)32)24-9-6-20(2)7-10-24/h8,11-13,16-17,20,24H,4-7,9-10,14-15,18-19H2,1-3H3/b33-21+/i3D3,5D,6D2,7D2,9D2,10D2,14D2,15D2,18D2,20D. The van der Waals surface area contributed by atoms with E-state index in [-0.39, 0.29) is 33.6 Å². The monoisotopic (exact) mass is 505 g/mol. The molecule has 1 aliphatic carbocycles. The molecule has 3 nitrogen and oxygen atoms in total. The van der Waals surface area contributed by atoms with Crippen LogP contribution in [-0.2, 0) is 30.5 Å². The highest BCUT2D eigenvalue weighted by molar-refractivity contribution is 5.98. The minimum Gasteiger partial charge on any atom is -0.391 e. The van der Waals surface area contributed by atoms with Crippen molar-refractivity contribution in [3.8, 4) is 0 Å². The van der Waals surface area contributed by atoms with Crippen LogP contribution >= 0.6 is 0 Å². The quantitative estimate of drug-likeness (QED) is 0.271. The van der Waals surface area contributed by atoms with E-state index in [1.165, 1.54) is 6.07 Å². The van der Waals surface area contributed by atoms with E-state index in [1.807, 2.05) is 0 Å². The van der Waals surface area contributed by atoms with Gasteiger partial charge in [-0.05, 0) is 97.2 Å². The highest BCUT2D eigenvalue weighted by atomic mass is 19.4. The zero-order valence-corrected chi connectivity index (χ0v) is 19.0. The van der Waals surface area contributed by atoms with Crippen LogP contribution in [0.3, 0.4) is 0 Å². The van der Waals surface area contributed by atoms with Crippen molar-refractivity contribution in [3.05, 3.63) is 69.8 Å². The molecule has 0 bridgehead atoms. The summed E-state index contributed by atoms with van der Waals surface area (Å²) in [5, 5.41) is 3.63. The number of hydrogen-bond acceptors (Lipinski definition) is 3. The molecule has 2 fully saturated rings. The summed E-state index contributed by atoms with van der Waals surface area (Å²) >= 11 is 0. The van der Waals surface area contributed by atoms with Crippen LogP contribution in [0.15, 0.2) is 41.6 Å². The zero-order valence-electron chi connectivity index (χ0n) is 38.0. The Labute approximate surface area is 234 Å². The van der Waals surface area contributed by atoms with Gasteiger partial charge in [0, 0.05) is 32.5 Å². The molecule has 2 aromatic rings. The first kappa shape index (κ1) is 11.0. The third kappa shape index (κ3) is 6.46. The van der Waals surface area contributed by atoms with Crippen molar-refractivity contribution in [1.82, 2.24) is 4.90 Å². The predicted molar refractivity (Wildman–Crippen MR) is 135 cm³/mol. The summed E-state index contributed by atoms with van der Waals surface area (Å²) in [5.74, 6) is -5.78. The first-order chi connectivity index (χ1) is 24.0. The summed E-state index contributed by atoms with van der Waals surface area (Å²) < 4.78 is 200. The Kier molecular flexibility index (Phi) is 3.49. The van der Waals surface area contributed by atoms with E-state index >= 15 is 0 Å². The number of aryl methyl sites for hydroxylation is 1. The van der Waals surface area contributed by atoms with Gasteiger partial charge in [0.05, 0.1) is 11.3 Å². The van der Waals surface area contributed by atoms with Crippen LogP contribution in [0.1, 0.15) is 118 Å². The van der Waals surface area contributed by atoms with Gasteiger partial charge >= 0.3 is 6.18 Å². The van der Waals surface area contributed by atoms with Crippen molar-refractivity contribution >= 4 is 5.71 Å². The topological polar surface area (TPSA) is 24.8 Å². The van der Waals surface area contributed by atoms with E-state index in [4.69, 9.17) is 30.9 Å². The Morgan fingerprint density at radius 3 is 2.63 bits per heavy atom. The first-order valence-corrected chi connectivity index (χ1v) is 10.8. The van der Waals surface area contributed by atoms with Crippen LogP contribution < -0.4 is 0 Å². The number of alkyl halides is 3. The van der Waals surface area contributed by atoms with Crippen LogP contribution in [0, 0.1) is 5.89 Å². The molecule has 1 aliphatic heterocycles. The third-order valence-electron chi connectivity index (χ3n) is 5.31. The molecule has 1 heterocycles. The number of likely N-dealkylation sites (tertiary alicyclic amines) is 1. The van der Waals surface area contributed by atoms with Crippen molar-refractivity contribution < 1.29 is 44.1 Å². The summed E-state index contributed by atoms with van der Waals surface area (Å²) in [4.78, 5) is 5.43. The van der Waals surface area contributed by atoms with Crippen LogP contribution in [0.5, 0.6) is 0 Å². The maximum absolute atomic E-state index is 14.5. The molecule has 0 spiro atoms. The lowest BCUT2D eigenvalue weighted by atomic mass is 9.78. The average molecular weight is 506 g/mol. The van der Waals surface area contributed by atoms with Crippen LogP contribution in [-0.4, -0.2) is 23.6 Å². The van der Waals surface area contributed by atoms with Crippen molar-refractivity contribution in [2.75, 3.05) is 13.0 Å². The Morgan fingerprint density at radius 1 is 1.17 bits per heavy atom. The van der Waals surface area contributed by atoms with E-state index in [9.17, 15) is 13.2 Å². The lowest BCUT2D eigenvalue weighted by Gasteiger charge is -2.31. The lowest BCUT2D eigenvalue weighted by Crippen LogP contribution is -2.36. The van der Waals surface area contributed by atoms with E-state index in [2.05, 4.69) is 5.16 Å². The van der Waals surface area contributed by atoms with Gasteiger partial charge < -0.3 is 4.84 Å². The van der Waals surface area contributed by atoms with Crippen LogP contribution in [0.2, 0.25) is 0 Å². The number of nitrogens with zero attached hydrogens (tertiary/aromatic N) is 2. The maximum Gasteiger partial charge on any atom is 0.416 e. The molecule has 0 aromatic heterocycles. The molecule has 35 heavy (non-hydrogen) atoms. The van der Waals surface area contributed by atoms with Gasteiger partial charge in [-0.25, -0.2) is 0 Å². The number of halogens is 3. The number of rotatable bonds is 8. The molecular weight excluding hydrogens is 449 g/mol. The van der Waals surface area contributed by atoms with Gasteiger partial charge in [0.1, 0.15) is 6.61 Å². The lowest BCUT2D eigenvalue weighted by molar-refractivity contribution is -0.138. The second-order valence-corrected chi connectivity index (χ2v) is 7.80. The highest BCUT2D eigenvalue weighted by Crippen LogP contribution is 2.42. The second-order valence-electron chi connectivity index (χ2n) is 7.80. The maximum atomic E-state index is 14.5. The van der Waals surface area contributed by atoms with Crippen LogP contribution in [0.4, 0.5) is 13.2 Å². The number of hydrogen-bond donors (Lipinski definition) is 0. The Balaban J connectivity index is 1.73. The van der Waals surface area contributed by atoms with Gasteiger partial charge in [-0.3, -0.25) is 4.90 Å². The largest absolute Gasteiger partial charge is 0.416 e. The van der Waals surface area contributed by atoms with E-state index in [1.54, 1.807) is 6.92 Å².